The van der Waals surface area contributed by atoms with E-state index >= 15 is 0 Å². The highest BCUT2D eigenvalue weighted by atomic mass is 15.1. The lowest BCUT2D eigenvalue weighted by molar-refractivity contribution is 0.204. The lowest BCUT2D eigenvalue weighted by Crippen LogP contribution is -2.32. The molecule has 0 aliphatic carbocycles. The Hall–Kier alpha value is -1.86. The lowest BCUT2D eigenvalue weighted by Gasteiger charge is -2.32. The molecule has 3 rings (SSSR count). The fourth-order valence-corrected chi connectivity index (χ4v) is 4.21. The number of aryl methyl sites for hydroxylation is 2. The number of hydrogen-bond donors (Lipinski definition) is 0. The first-order valence-electron chi connectivity index (χ1n) is 10.2. The molecule has 2 aromatic carbocycles. The number of hydrogen-bond acceptors (Lipinski definition) is 1. The number of likely N-dealkylation sites (tertiary alicyclic amines) is 1. The van der Waals surface area contributed by atoms with Gasteiger partial charge in [-0.3, -0.25) is 4.90 Å². The van der Waals surface area contributed by atoms with Gasteiger partial charge >= 0.3 is 0 Å². The monoisotopic (exact) mass is 347 g/mol. The smallest absolute Gasteiger partial charge is 0.0233 e. The zero-order chi connectivity index (χ0) is 18.5. The van der Waals surface area contributed by atoms with E-state index in [1.54, 1.807) is 0 Å². The summed E-state index contributed by atoms with van der Waals surface area (Å²) in [5.74, 6) is 0.706. The fraction of sp³-hybridized carbons (Fsp3) is 0.440. The Labute approximate surface area is 159 Å². The van der Waals surface area contributed by atoms with Gasteiger partial charge < -0.3 is 0 Å². The van der Waals surface area contributed by atoms with Crippen LogP contribution in [0.5, 0.6) is 0 Å². The van der Waals surface area contributed by atoms with Crippen molar-refractivity contribution in [3.8, 4) is 0 Å². The minimum absolute atomic E-state index is 0.706. The Morgan fingerprint density at radius 3 is 2.38 bits per heavy atom. The fourth-order valence-electron chi connectivity index (χ4n) is 4.21. The van der Waals surface area contributed by atoms with E-state index in [0.717, 1.165) is 19.4 Å². The van der Waals surface area contributed by atoms with Crippen molar-refractivity contribution in [3.63, 3.8) is 0 Å². The van der Waals surface area contributed by atoms with Crippen LogP contribution < -0.4 is 0 Å². The second-order valence-corrected chi connectivity index (χ2v) is 7.77. The Balaban J connectivity index is 1.62. The quantitative estimate of drug-likeness (QED) is 0.599. The molecule has 0 saturated carbocycles. The summed E-state index contributed by atoms with van der Waals surface area (Å²) in [5, 5.41) is 0. The minimum Gasteiger partial charge on any atom is -0.299 e. The predicted octanol–water partition coefficient (Wildman–Crippen LogP) is 6.22. The molecule has 0 atom stereocenters. The summed E-state index contributed by atoms with van der Waals surface area (Å²) in [4.78, 5) is 2.62. The predicted molar refractivity (Wildman–Crippen MR) is 114 cm³/mol. The molecule has 0 spiro atoms. The van der Waals surface area contributed by atoms with E-state index in [1.165, 1.54) is 59.3 Å². The molecule has 0 amide bonds. The topological polar surface area (TPSA) is 3.24 Å². The molecule has 26 heavy (non-hydrogen) atoms. The van der Waals surface area contributed by atoms with E-state index in [4.69, 9.17) is 0 Å². The van der Waals surface area contributed by atoms with Gasteiger partial charge in [-0.15, -0.1) is 0 Å². The third-order valence-electron chi connectivity index (χ3n) is 5.83. The van der Waals surface area contributed by atoms with Crippen molar-refractivity contribution in [2.75, 3.05) is 13.1 Å². The molecule has 1 fully saturated rings. The van der Waals surface area contributed by atoms with Gasteiger partial charge in [0.1, 0.15) is 0 Å². The second kappa shape index (κ2) is 8.68. The summed E-state index contributed by atoms with van der Waals surface area (Å²) in [6.07, 6.45) is 4.74. The van der Waals surface area contributed by atoms with Crippen molar-refractivity contribution in [1.82, 2.24) is 4.90 Å². The van der Waals surface area contributed by atoms with Crippen LogP contribution in [0.4, 0.5) is 0 Å². The Bertz CT molecular complexity index is 750. The summed E-state index contributed by atoms with van der Waals surface area (Å²) < 4.78 is 0. The number of piperidine rings is 1. The van der Waals surface area contributed by atoms with Gasteiger partial charge in [0.2, 0.25) is 0 Å². The van der Waals surface area contributed by atoms with Crippen molar-refractivity contribution in [3.05, 3.63) is 76.9 Å². The molecule has 1 aliphatic heterocycles. The zero-order valence-corrected chi connectivity index (χ0v) is 16.7. The molecule has 1 saturated heterocycles. The van der Waals surface area contributed by atoms with E-state index in [1.807, 2.05) is 0 Å². The van der Waals surface area contributed by atoms with Gasteiger partial charge in [0.25, 0.3) is 0 Å². The maximum atomic E-state index is 4.13. The van der Waals surface area contributed by atoms with E-state index in [-0.39, 0.29) is 0 Å². The molecule has 1 aliphatic rings. The molecule has 0 bridgehead atoms. The summed E-state index contributed by atoms with van der Waals surface area (Å²) in [7, 11) is 0. The molecular weight excluding hydrogens is 314 g/mol. The minimum atomic E-state index is 0.706. The van der Waals surface area contributed by atoms with Crippen LogP contribution in [-0.4, -0.2) is 18.0 Å². The third-order valence-corrected chi connectivity index (χ3v) is 5.83. The number of rotatable bonds is 6. The summed E-state index contributed by atoms with van der Waals surface area (Å²) in [6, 6.07) is 16.2. The molecule has 0 radical (unpaired) electrons. The highest BCUT2D eigenvalue weighted by Gasteiger charge is 2.21. The molecule has 0 N–H and O–H groups in total. The Kier molecular flexibility index (Phi) is 6.32. The van der Waals surface area contributed by atoms with Crippen molar-refractivity contribution in [1.29, 1.82) is 0 Å². The van der Waals surface area contributed by atoms with Gasteiger partial charge in [0, 0.05) is 6.54 Å². The first-order chi connectivity index (χ1) is 12.6. The van der Waals surface area contributed by atoms with Crippen molar-refractivity contribution >= 4 is 5.57 Å². The van der Waals surface area contributed by atoms with Crippen LogP contribution in [0.1, 0.15) is 67.3 Å². The first-order valence-corrected chi connectivity index (χ1v) is 10.2. The maximum absolute atomic E-state index is 4.13. The standard InChI is InChI=1S/C25H33N/c1-5-20-8-7-9-21(16-20)18-26-14-12-23(13-15-26)24-10-11-25(19(3)4)22(6-2)17-24/h7-11,16-17,23H,3,5-6,12-15,18H2,1-2,4H3. The SMILES string of the molecule is C=C(C)c1ccc(C2CCN(Cc3cccc(CC)c3)CC2)cc1CC. The molecule has 1 heterocycles. The molecule has 1 heteroatoms. The van der Waals surface area contributed by atoms with Crippen LogP contribution >= 0.6 is 0 Å². The maximum Gasteiger partial charge on any atom is 0.0233 e. The van der Waals surface area contributed by atoms with Crippen LogP contribution in [0.2, 0.25) is 0 Å². The van der Waals surface area contributed by atoms with Gasteiger partial charge in [0.05, 0.1) is 0 Å². The van der Waals surface area contributed by atoms with Crippen LogP contribution in [0, 0.1) is 0 Å². The van der Waals surface area contributed by atoms with E-state index in [9.17, 15) is 0 Å². The van der Waals surface area contributed by atoms with E-state index in [0.29, 0.717) is 5.92 Å². The molecule has 0 aromatic heterocycles. The summed E-state index contributed by atoms with van der Waals surface area (Å²) in [6.45, 7) is 14.2. The number of nitrogens with zero attached hydrogens (tertiary/aromatic N) is 1. The van der Waals surface area contributed by atoms with Crippen LogP contribution in [-0.2, 0) is 19.4 Å². The van der Waals surface area contributed by atoms with E-state index in [2.05, 4.69) is 74.7 Å². The highest BCUT2D eigenvalue weighted by molar-refractivity contribution is 5.65. The molecule has 2 aromatic rings. The van der Waals surface area contributed by atoms with Gasteiger partial charge in [-0.25, -0.2) is 0 Å². The van der Waals surface area contributed by atoms with Crippen LogP contribution in [0.3, 0.4) is 0 Å². The summed E-state index contributed by atoms with van der Waals surface area (Å²) in [5.41, 5.74) is 8.40. The highest BCUT2D eigenvalue weighted by Crippen LogP contribution is 2.31. The van der Waals surface area contributed by atoms with Gasteiger partial charge in [0.15, 0.2) is 0 Å². The Morgan fingerprint density at radius 2 is 1.73 bits per heavy atom. The molecule has 1 nitrogen and oxygen atoms in total. The van der Waals surface area contributed by atoms with Crippen molar-refractivity contribution in [2.24, 2.45) is 0 Å². The zero-order valence-electron chi connectivity index (χ0n) is 16.7. The van der Waals surface area contributed by atoms with Crippen LogP contribution in [0.25, 0.3) is 5.57 Å². The van der Waals surface area contributed by atoms with Gasteiger partial charge in [-0.05, 0) is 79.4 Å². The largest absolute Gasteiger partial charge is 0.299 e. The average molecular weight is 348 g/mol. The number of allylic oxidation sites excluding steroid dienone is 1. The normalized spacial score (nSPS) is 16.0. The average Bonchev–Trinajstić information content (AvgIpc) is 2.68. The van der Waals surface area contributed by atoms with Crippen molar-refractivity contribution < 1.29 is 0 Å². The van der Waals surface area contributed by atoms with E-state index < -0.39 is 0 Å². The molecule has 0 unspecified atom stereocenters. The lowest BCUT2D eigenvalue weighted by atomic mass is 9.86. The van der Waals surface area contributed by atoms with Gasteiger partial charge in [-0.1, -0.05) is 68.5 Å². The summed E-state index contributed by atoms with van der Waals surface area (Å²) >= 11 is 0. The molecular formula is C25H33N. The van der Waals surface area contributed by atoms with Crippen molar-refractivity contribution in [2.45, 2.75) is 58.9 Å². The van der Waals surface area contributed by atoms with Crippen LogP contribution in [0.15, 0.2) is 49.0 Å². The second-order valence-electron chi connectivity index (χ2n) is 7.77. The molecule has 138 valence electrons. The van der Waals surface area contributed by atoms with Gasteiger partial charge in [-0.2, -0.15) is 0 Å². The Morgan fingerprint density at radius 1 is 1.00 bits per heavy atom. The first kappa shape index (κ1) is 18.9. The number of benzene rings is 2. The third kappa shape index (κ3) is 4.45.